The Labute approximate surface area is 129 Å². The minimum Gasteiger partial charge on any atom is -0.354 e. The van der Waals surface area contributed by atoms with E-state index in [1.54, 1.807) is 0 Å². The normalized spacial score (nSPS) is 12.7. The zero-order valence-electron chi connectivity index (χ0n) is 14.5. The van der Waals surface area contributed by atoms with Crippen molar-refractivity contribution < 1.29 is 4.79 Å². The van der Waals surface area contributed by atoms with E-state index < -0.39 is 0 Å². The lowest BCUT2D eigenvalue weighted by molar-refractivity contribution is -0.121. The highest BCUT2D eigenvalue weighted by Crippen LogP contribution is 2.14. The molecule has 1 aromatic rings. The largest absolute Gasteiger partial charge is 0.354 e. The van der Waals surface area contributed by atoms with Crippen LogP contribution in [0.2, 0.25) is 0 Å². The maximum Gasteiger partial charge on any atom is 0.220 e. The Kier molecular flexibility index (Phi) is 6.93. The fourth-order valence-electron chi connectivity index (χ4n) is 2.67. The number of amides is 1. The van der Waals surface area contributed by atoms with E-state index in [0.717, 1.165) is 30.1 Å². The highest BCUT2D eigenvalue weighted by atomic mass is 16.1. The molecule has 1 heterocycles. The van der Waals surface area contributed by atoms with Gasteiger partial charge < -0.3 is 5.32 Å². The van der Waals surface area contributed by atoms with Gasteiger partial charge >= 0.3 is 0 Å². The molecule has 1 unspecified atom stereocenters. The quantitative estimate of drug-likeness (QED) is 0.799. The molecule has 0 aliphatic rings. The molecule has 0 bridgehead atoms. The van der Waals surface area contributed by atoms with Gasteiger partial charge in [-0.2, -0.15) is 5.10 Å². The summed E-state index contributed by atoms with van der Waals surface area (Å²) in [7, 11) is 1.95. The SMILES string of the molecule is Cc1nn(C)c(C)c1CCC(=O)NC(C)CCCC(C)C. The van der Waals surface area contributed by atoms with Crippen molar-refractivity contribution in [1.82, 2.24) is 15.1 Å². The van der Waals surface area contributed by atoms with E-state index in [-0.39, 0.29) is 11.9 Å². The first-order valence-corrected chi connectivity index (χ1v) is 8.09. The fourth-order valence-corrected chi connectivity index (χ4v) is 2.67. The number of carbonyl (C=O) groups excluding carboxylic acids is 1. The number of aromatic nitrogens is 2. The van der Waals surface area contributed by atoms with Crippen molar-refractivity contribution in [2.75, 3.05) is 0 Å². The lowest BCUT2D eigenvalue weighted by Crippen LogP contribution is -2.32. The van der Waals surface area contributed by atoms with E-state index in [1.807, 2.05) is 18.7 Å². The summed E-state index contributed by atoms with van der Waals surface area (Å²) in [5.41, 5.74) is 3.40. The molecule has 0 aliphatic carbocycles. The van der Waals surface area contributed by atoms with Gasteiger partial charge in [-0.05, 0) is 45.1 Å². The highest BCUT2D eigenvalue weighted by molar-refractivity contribution is 5.76. The van der Waals surface area contributed by atoms with Gasteiger partial charge in [-0.15, -0.1) is 0 Å². The van der Waals surface area contributed by atoms with Crippen LogP contribution >= 0.6 is 0 Å². The number of nitrogens with one attached hydrogen (secondary N) is 1. The van der Waals surface area contributed by atoms with Crippen molar-refractivity contribution in [2.45, 2.75) is 72.8 Å². The third kappa shape index (κ3) is 5.90. The van der Waals surface area contributed by atoms with Crippen molar-refractivity contribution in [3.63, 3.8) is 0 Å². The van der Waals surface area contributed by atoms with Crippen LogP contribution in [-0.4, -0.2) is 21.7 Å². The molecule has 4 nitrogen and oxygen atoms in total. The van der Waals surface area contributed by atoms with Crippen LogP contribution in [0.4, 0.5) is 0 Å². The molecule has 1 N–H and O–H groups in total. The lowest BCUT2D eigenvalue weighted by atomic mass is 10.0. The fraction of sp³-hybridized carbons (Fsp3) is 0.765. The summed E-state index contributed by atoms with van der Waals surface area (Å²) in [4.78, 5) is 12.0. The molecule has 0 saturated carbocycles. The molecule has 120 valence electrons. The third-order valence-electron chi connectivity index (χ3n) is 4.09. The molecule has 1 amide bonds. The van der Waals surface area contributed by atoms with Crippen LogP contribution < -0.4 is 5.32 Å². The van der Waals surface area contributed by atoms with E-state index in [9.17, 15) is 4.79 Å². The van der Waals surface area contributed by atoms with E-state index in [1.165, 1.54) is 18.4 Å². The standard InChI is InChI=1S/C17H31N3O/c1-12(2)8-7-9-13(3)18-17(21)11-10-16-14(4)19-20(6)15(16)5/h12-13H,7-11H2,1-6H3,(H,18,21). The van der Waals surface area contributed by atoms with Crippen molar-refractivity contribution in [3.05, 3.63) is 17.0 Å². The Hall–Kier alpha value is -1.32. The van der Waals surface area contributed by atoms with Gasteiger partial charge in [0.1, 0.15) is 0 Å². The Morgan fingerprint density at radius 2 is 1.90 bits per heavy atom. The van der Waals surface area contributed by atoms with Crippen LogP contribution in [0.15, 0.2) is 0 Å². The van der Waals surface area contributed by atoms with Crippen LogP contribution in [0.3, 0.4) is 0 Å². The van der Waals surface area contributed by atoms with Crippen molar-refractivity contribution >= 4 is 5.91 Å². The minimum absolute atomic E-state index is 0.148. The summed E-state index contributed by atoms with van der Waals surface area (Å²) in [5, 5.41) is 7.49. The zero-order chi connectivity index (χ0) is 16.0. The van der Waals surface area contributed by atoms with E-state index in [0.29, 0.717) is 6.42 Å². The van der Waals surface area contributed by atoms with Gasteiger partial charge in [0.15, 0.2) is 0 Å². The minimum atomic E-state index is 0.148. The van der Waals surface area contributed by atoms with Crippen LogP contribution in [-0.2, 0) is 18.3 Å². The van der Waals surface area contributed by atoms with Crippen LogP contribution in [0, 0.1) is 19.8 Å². The molecular formula is C17H31N3O. The molecular weight excluding hydrogens is 262 g/mol. The first-order chi connectivity index (χ1) is 9.81. The molecule has 0 fully saturated rings. The van der Waals surface area contributed by atoms with Crippen LogP contribution in [0.1, 0.15) is 63.4 Å². The molecule has 1 atom stereocenters. The predicted molar refractivity (Wildman–Crippen MR) is 87.3 cm³/mol. The molecule has 21 heavy (non-hydrogen) atoms. The Bertz CT molecular complexity index is 463. The summed E-state index contributed by atoms with van der Waals surface area (Å²) in [6, 6.07) is 0.271. The average Bonchev–Trinajstić information content (AvgIpc) is 2.60. The van der Waals surface area contributed by atoms with Crippen LogP contribution in [0.5, 0.6) is 0 Å². The molecule has 0 radical (unpaired) electrons. The number of hydrogen-bond donors (Lipinski definition) is 1. The van der Waals surface area contributed by atoms with Crippen molar-refractivity contribution in [3.8, 4) is 0 Å². The molecule has 0 aromatic carbocycles. The van der Waals surface area contributed by atoms with Gasteiger partial charge in [-0.25, -0.2) is 0 Å². The Balaban J connectivity index is 2.33. The molecule has 1 rings (SSSR count). The smallest absolute Gasteiger partial charge is 0.220 e. The van der Waals surface area contributed by atoms with Crippen LogP contribution in [0.25, 0.3) is 0 Å². The number of nitrogens with zero attached hydrogens (tertiary/aromatic N) is 2. The van der Waals surface area contributed by atoms with E-state index in [2.05, 4.69) is 38.1 Å². The van der Waals surface area contributed by atoms with E-state index in [4.69, 9.17) is 0 Å². The van der Waals surface area contributed by atoms with Gasteiger partial charge in [-0.1, -0.05) is 26.7 Å². The predicted octanol–water partition coefficient (Wildman–Crippen LogP) is 3.30. The second-order valence-corrected chi connectivity index (χ2v) is 6.57. The highest BCUT2D eigenvalue weighted by Gasteiger charge is 2.12. The first kappa shape index (κ1) is 17.7. The molecule has 1 aromatic heterocycles. The number of hydrogen-bond acceptors (Lipinski definition) is 2. The van der Waals surface area contributed by atoms with Gasteiger partial charge in [0, 0.05) is 25.2 Å². The molecule has 0 saturated heterocycles. The maximum absolute atomic E-state index is 12.0. The van der Waals surface area contributed by atoms with Crippen molar-refractivity contribution in [2.24, 2.45) is 13.0 Å². The second-order valence-electron chi connectivity index (χ2n) is 6.57. The molecule has 0 spiro atoms. The van der Waals surface area contributed by atoms with Gasteiger partial charge in [0.05, 0.1) is 5.69 Å². The third-order valence-corrected chi connectivity index (χ3v) is 4.09. The monoisotopic (exact) mass is 293 g/mol. The number of rotatable bonds is 8. The summed E-state index contributed by atoms with van der Waals surface area (Å²) in [6.07, 6.45) is 4.79. The summed E-state index contributed by atoms with van der Waals surface area (Å²) < 4.78 is 1.89. The lowest BCUT2D eigenvalue weighted by Gasteiger charge is -2.14. The zero-order valence-corrected chi connectivity index (χ0v) is 14.5. The Morgan fingerprint density at radius 3 is 2.43 bits per heavy atom. The average molecular weight is 293 g/mol. The number of aryl methyl sites for hydroxylation is 2. The number of carbonyl (C=O) groups is 1. The second kappa shape index (κ2) is 8.20. The topological polar surface area (TPSA) is 46.9 Å². The first-order valence-electron chi connectivity index (χ1n) is 8.09. The van der Waals surface area contributed by atoms with E-state index >= 15 is 0 Å². The summed E-state index contributed by atoms with van der Waals surface area (Å²) >= 11 is 0. The van der Waals surface area contributed by atoms with Gasteiger partial charge in [0.2, 0.25) is 5.91 Å². The Morgan fingerprint density at radius 1 is 1.24 bits per heavy atom. The van der Waals surface area contributed by atoms with Gasteiger partial charge in [0.25, 0.3) is 0 Å². The molecule has 4 heteroatoms. The van der Waals surface area contributed by atoms with Gasteiger partial charge in [-0.3, -0.25) is 9.48 Å². The van der Waals surface area contributed by atoms with Crippen molar-refractivity contribution in [1.29, 1.82) is 0 Å². The molecule has 0 aliphatic heterocycles. The summed E-state index contributed by atoms with van der Waals surface area (Å²) in [5.74, 6) is 0.888. The summed E-state index contributed by atoms with van der Waals surface area (Å²) in [6.45, 7) is 10.6. The maximum atomic E-state index is 12.0.